The van der Waals surface area contributed by atoms with E-state index in [1.54, 1.807) is 0 Å². The number of nitrogens with one attached hydrogen (secondary N) is 1. The average molecular weight is 588 g/mol. The first-order chi connectivity index (χ1) is 18.9. The summed E-state index contributed by atoms with van der Waals surface area (Å²) >= 11 is 1.33. The van der Waals surface area contributed by atoms with E-state index in [0.717, 1.165) is 41.4 Å². The molecule has 0 radical (unpaired) electrons. The van der Waals surface area contributed by atoms with Crippen molar-refractivity contribution in [3.63, 3.8) is 0 Å². The summed E-state index contributed by atoms with van der Waals surface area (Å²) in [6, 6.07) is 7.90. The molecule has 1 aromatic carbocycles. The minimum atomic E-state index is -5.08. The quantitative estimate of drug-likeness (QED) is 0.278. The predicted octanol–water partition coefficient (Wildman–Crippen LogP) is 4.75. The van der Waals surface area contributed by atoms with E-state index in [-0.39, 0.29) is 18.1 Å². The van der Waals surface area contributed by atoms with Crippen molar-refractivity contribution in [2.24, 2.45) is 0 Å². The number of carboxylic acid groups (broad SMARTS) is 1. The molecule has 1 amide bonds. The zero-order valence-corrected chi connectivity index (χ0v) is 23.9. The lowest BCUT2D eigenvalue weighted by Gasteiger charge is -2.12. The zero-order valence-electron chi connectivity index (χ0n) is 23.1. The molecule has 0 saturated heterocycles. The number of carbonyl (C=O) groups is 2. The SMILES string of the molecule is CCCCn1c(=O)c2c(OCCOCC)c(C(=O)NCCCN(C)C)sc2c2ccccc21.O=C(O)C(F)(F)F. The van der Waals surface area contributed by atoms with E-state index in [0.29, 0.717) is 42.3 Å². The summed E-state index contributed by atoms with van der Waals surface area (Å²) in [6.45, 7) is 7.37. The number of amides is 1. The molecule has 0 fully saturated rings. The third-order valence-corrected chi connectivity index (χ3v) is 6.90. The number of alkyl halides is 3. The van der Waals surface area contributed by atoms with Crippen molar-refractivity contribution in [1.82, 2.24) is 14.8 Å². The van der Waals surface area contributed by atoms with Gasteiger partial charge in [-0.2, -0.15) is 13.2 Å². The minimum absolute atomic E-state index is 0.105. The van der Waals surface area contributed by atoms with E-state index >= 15 is 0 Å². The summed E-state index contributed by atoms with van der Waals surface area (Å²) < 4.78 is 45.8. The number of aryl methyl sites for hydroxylation is 1. The number of ether oxygens (including phenoxy) is 2. The van der Waals surface area contributed by atoms with Crippen molar-refractivity contribution in [2.45, 2.75) is 45.8 Å². The number of unbranched alkanes of at least 4 members (excludes halogenated alkanes) is 1. The number of halogens is 3. The predicted molar refractivity (Wildman–Crippen MR) is 150 cm³/mol. The van der Waals surface area contributed by atoms with Gasteiger partial charge in [-0.1, -0.05) is 31.5 Å². The van der Waals surface area contributed by atoms with E-state index < -0.39 is 12.1 Å². The topological polar surface area (TPSA) is 110 Å². The van der Waals surface area contributed by atoms with Gasteiger partial charge in [0.1, 0.15) is 16.9 Å². The van der Waals surface area contributed by atoms with Gasteiger partial charge in [-0.3, -0.25) is 9.59 Å². The number of carbonyl (C=O) groups excluding carboxylic acids is 1. The van der Waals surface area contributed by atoms with Crippen LogP contribution in [0.2, 0.25) is 0 Å². The highest BCUT2D eigenvalue weighted by Crippen LogP contribution is 2.39. The molecule has 0 aliphatic rings. The molecule has 222 valence electrons. The summed E-state index contributed by atoms with van der Waals surface area (Å²) in [5.41, 5.74) is 0.787. The fraction of sp³-hybridized carbons (Fsp3) is 0.519. The van der Waals surface area contributed by atoms with Crippen LogP contribution in [0, 0.1) is 0 Å². The molecule has 0 atom stereocenters. The molecule has 2 heterocycles. The summed E-state index contributed by atoms with van der Waals surface area (Å²) in [5.74, 6) is -2.58. The summed E-state index contributed by atoms with van der Waals surface area (Å²) in [6.07, 6.45) is -2.35. The first kappa shape index (κ1) is 33.0. The molecule has 3 aromatic rings. The summed E-state index contributed by atoms with van der Waals surface area (Å²) in [5, 5.41) is 11.6. The highest BCUT2D eigenvalue weighted by molar-refractivity contribution is 7.22. The van der Waals surface area contributed by atoms with E-state index in [1.165, 1.54) is 11.3 Å². The normalized spacial score (nSPS) is 11.5. The number of carboxylic acids is 1. The Morgan fingerprint density at radius 3 is 2.40 bits per heavy atom. The Labute approximate surface area is 234 Å². The van der Waals surface area contributed by atoms with Gasteiger partial charge in [0.15, 0.2) is 5.75 Å². The molecule has 2 aromatic heterocycles. The molecule has 0 unspecified atom stereocenters. The van der Waals surface area contributed by atoms with E-state index in [9.17, 15) is 22.8 Å². The number of aromatic nitrogens is 1. The van der Waals surface area contributed by atoms with Gasteiger partial charge in [-0.05, 0) is 46.5 Å². The molecular weight excluding hydrogens is 551 g/mol. The standard InChI is InChI=1S/C25H35N3O4S.C2HF3O2/c1-5-7-15-28-19-12-9-8-11-18(19)22-20(25(28)30)21(32-17-16-31-6-2)23(33-22)24(29)26-13-10-14-27(3)4;3-2(4,5)1(6)7/h8-9,11-12H,5-7,10,13-17H2,1-4H3,(H,26,29);(H,6,7). The van der Waals surface area contributed by atoms with Crippen LogP contribution in [0.15, 0.2) is 29.1 Å². The van der Waals surface area contributed by atoms with Crippen LogP contribution in [0.5, 0.6) is 5.75 Å². The van der Waals surface area contributed by atoms with Crippen LogP contribution < -0.4 is 15.6 Å². The first-order valence-corrected chi connectivity index (χ1v) is 13.8. The highest BCUT2D eigenvalue weighted by atomic mass is 32.1. The van der Waals surface area contributed by atoms with Crippen molar-refractivity contribution in [3.05, 3.63) is 39.5 Å². The number of fused-ring (bicyclic) bond motifs is 3. The number of rotatable bonds is 13. The van der Waals surface area contributed by atoms with Crippen LogP contribution in [0.4, 0.5) is 13.2 Å². The molecule has 13 heteroatoms. The van der Waals surface area contributed by atoms with E-state index in [4.69, 9.17) is 19.4 Å². The minimum Gasteiger partial charge on any atom is -0.489 e. The maximum atomic E-state index is 13.7. The second-order valence-electron chi connectivity index (χ2n) is 9.05. The molecule has 0 spiro atoms. The van der Waals surface area contributed by atoms with Crippen LogP contribution >= 0.6 is 11.3 Å². The smallest absolute Gasteiger partial charge is 0.489 e. The average Bonchev–Trinajstić information content (AvgIpc) is 3.29. The number of nitrogens with zero attached hydrogens (tertiary/aromatic N) is 2. The number of para-hydroxylation sites is 1. The molecule has 0 saturated carbocycles. The molecule has 0 aliphatic heterocycles. The zero-order chi connectivity index (χ0) is 29.9. The third kappa shape index (κ3) is 8.93. The Bertz CT molecular complexity index is 1340. The molecule has 2 N–H and O–H groups in total. The fourth-order valence-corrected chi connectivity index (χ4v) is 4.98. The second kappa shape index (κ2) is 15.6. The number of hydrogen-bond donors (Lipinski definition) is 2. The van der Waals surface area contributed by atoms with Crippen molar-refractivity contribution < 1.29 is 37.3 Å². The number of aliphatic carboxylic acids is 1. The van der Waals surface area contributed by atoms with Crippen molar-refractivity contribution >= 4 is 44.2 Å². The lowest BCUT2D eigenvalue weighted by Crippen LogP contribution is -2.27. The van der Waals surface area contributed by atoms with Crippen LogP contribution in [-0.4, -0.2) is 79.6 Å². The summed E-state index contributed by atoms with van der Waals surface area (Å²) in [7, 11) is 4.01. The van der Waals surface area contributed by atoms with E-state index in [1.807, 2.05) is 49.9 Å². The Morgan fingerprint density at radius 1 is 1.12 bits per heavy atom. The van der Waals surface area contributed by atoms with Gasteiger partial charge in [0.2, 0.25) is 0 Å². The van der Waals surface area contributed by atoms with Gasteiger partial charge in [0, 0.05) is 25.1 Å². The van der Waals surface area contributed by atoms with Crippen molar-refractivity contribution in [1.29, 1.82) is 0 Å². The number of hydrogen-bond acceptors (Lipinski definition) is 7. The number of thiophene rings is 1. The molecule has 40 heavy (non-hydrogen) atoms. The Kier molecular flexibility index (Phi) is 12.9. The van der Waals surface area contributed by atoms with Crippen LogP contribution in [0.3, 0.4) is 0 Å². The van der Waals surface area contributed by atoms with Crippen molar-refractivity contribution in [2.75, 3.05) is 47.0 Å². The Morgan fingerprint density at radius 2 is 1.80 bits per heavy atom. The Balaban J connectivity index is 0.000000708. The number of benzene rings is 1. The molecule has 0 aliphatic carbocycles. The largest absolute Gasteiger partial charge is 0.490 e. The van der Waals surface area contributed by atoms with Gasteiger partial charge < -0.3 is 29.4 Å². The van der Waals surface area contributed by atoms with Gasteiger partial charge in [0.25, 0.3) is 11.5 Å². The van der Waals surface area contributed by atoms with Crippen LogP contribution in [-0.2, 0) is 16.1 Å². The Hall–Kier alpha value is -3.16. The molecular formula is C27H36F3N3O6S. The highest BCUT2D eigenvalue weighted by Gasteiger charge is 2.38. The monoisotopic (exact) mass is 587 g/mol. The fourth-order valence-electron chi connectivity index (χ4n) is 3.80. The molecule has 0 bridgehead atoms. The second-order valence-corrected chi connectivity index (χ2v) is 10.1. The lowest BCUT2D eigenvalue weighted by atomic mass is 10.1. The molecule has 9 nitrogen and oxygen atoms in total. The first-order valence-electron chi connectivity index (χ1n) is 13.0. The maximum absolute atomic E-state index is 13.7. The number of pyridine rings is 1. The van der Waals surface area contributed by atoms with Crippen molar-refractivity contribution in [3.8, 4) is 5.75 Å². The summed E-state index contributed by atoms with van der Waals surface area (Å²) in [4.78, 5) is 38.2. The van der Waals surface area contributed by atoms with Gasteiger partial charge >= 0.3 is 12.1 Å². The maximum Gasteiger partial charge on any atom is 0.490 e. The van der Waals surface area contributed by atoms with Crippen LogP contribution in [0.1, 0.15) is 42.8 Å². The van der Waals surface area contributed by atoms with Crippen LogP contribution in [0.25, 0.3) is 21.0 Å². The van der Waals surface area contributed by atoms with Gasteiger partial charge in [-0.15, -0.1) is 11.3 Å². The lowest BCUT2D eigenvalue weighted by molar-refractivity contribution is -0.192. The van der Waals surface area contributed by atoms with Gasteiger partial charge in [-0.25, -0.2) is 4.79 Å². The molecule has 3 rings (SSSR count). The van der Waals surface area contributed by atoms with Gasteiger partial charge in [0.05, 0.1) is 16.8 Å². The third-order valence-electron chi connectivity index (χ3n) is 5.69. The van der Waals surface area contributed by atoms with E-state index in [2.05, 4.69) is 17.1 Å².